The van der Waals surface area contributed by atoms with E-state index < -0.39 is 0 Å². The number of ether oxygens (including phenoxy) is 2. The fourth-order valence-electron chi connectivity index (χ4n) is 2.52. The van der Waals surface area contributed by atoms with Gasteiger partial charge in [-0.05, 0) is 13.3 Å². The number of amides is 1. The molecule has 0 aliphatic carbocycles. The molecule has 18 heavy (non-hydrogen) atoms. The third-order valence-electron chi connectivity index (χ3n) is 3.64. The van der Waals surface area contributed by atoms with Crippen LogP contribution in [0.5, 0.6) is 0 Å². The molecule has 0 aromatic carbocycles. The summed E-state index contributed by atoms with van der Waals surface area (Å²) in [5.74, 6) is 0.720. The minimum atomic E-state index is 0.0418. The lowest BCUT2D eigenvalue weighted by Gasteiger charge is -2.28. The summed E-state index contributed by atoms with van der Waals surface area (Å²) in [6.45, 7) is 7.66. The largest absolute Gasteiger partial charge is 0.381 e. The molecule has 0 spiro atoms. The Bertz CT molecular complexity index is 261. The zero-order valence-electron chi connectivity index (χ0n) is 11.2. The Morgan fingerprint density at radius 2 is 2.33 bits per heavy atom. The lowest BCUT2D eigenvalue weighted by molar-refractivity contribution is -0.135. The van der Waals surface area contributed by atoms with Crippen LogP contribution in [0, 0.1) is 5.92 Å². The maximum atomic E-state index is 12.2. The van der Waals surface area contributed by atoms with Gasteiger partial charge < -0.3 is 19.7 Å². The summed E-state index contributed by atoms with van der Waals surface area (Å²) in [6.07, 6.45) is 1.61. The van der Waals surface area contributed by atoms with Gasteiger partial charge in [-0.2, -0.15) is 0 Å². The molecule has 5 nitrogen and oxygen atoms in total. The molecule has 5 heteroatoms. The summed E-state index contributed by atoms with van der Waals surface area (Å²) in [4.78, 5) is 14.1. The van der Waals surface area contributed by atoms with E-state index in [1.165, 1.54) is 0 Å². The first-order chi connectivity index (χ1) is 8.79. The summed E-state index contributed by atoms with van der Waals surface area (Å²) in [7, 11) is 0. The predicted octanol–water partition coefficient (Wildman–Crippen LogP) is 0.250. The fraction of sp³-hybridized carbons (Fsp3) is 0.923. The first kappa shape index (κ1) is 13.8. The van der Waals surface area contributed by atoms with Crippen molar-refractivity contribution in [2.45, 2.75) is 25.9 Å². The van der Waals surface area contributed by atoms with Crippen LogP contribution in [0.4, 0.5) is 0 Å². The Labute approximate surface area is 109 Å². The zero-order valence-corrected chi connectivity index (χ0v) is 11.2. The SMILES string of the molecule is CCN(CC1CCOC1)C(=O)CC1CNCCO1. The molecule has 2 aliphatic heterocycles. The van der Waals surface area contributed by atoms with E-state index in [0.717, 1.165) is 45.8 Å². The number of carbonyl (C=O) groups excluding carboxylic acids is 1. The summed E-state index contributed by atoms with van der Waals surface area (Å²) in [5, 5.41) is 3.25. The molecule has 2 unspecified atom stereocenters. The van der Waals surface area contributed by atoms with E-state index in [4.69, 9.17) is 9.47 Å². The second-order valence-electron chi connectivity index (χ2n) is 5.06. The molecule has 0 bridgehead atoms. The molecule has 2 heterocycles. The van der Waals surface area contributed by atoms with E-state index in [0.29, 0.717) is 18.9 Å². The molecule has 104 valence electrons. The third-order valence-corrected chi connectivity index (χ3v) is 3.64. The van der Waals surface area contributed by atoms with Gasteiger partial charge in [0.1, 0.15) is 0 Å². The highest BCUT2D eigenvalue weighted by Crippen LogP contribution is 2.15. The molecule has 0 radical (unpaired) electrons. The van der Waals surface area contributed by atoms with Gasteiger partial charge in [-0.15, -0.1) is 0 Å². The molecule has 2 fully saturated rings. The summed E-state index contributed by atoms with van der Waals surface area (Å²) in [6, 6.07) is 0. The van der Waals surface area contributed by atoms with E-state index in [9.17, 15) is 4.79 Å². The molecule has 2 rings (SSSR count). The molecule has 1 amide bonds. The lowest BCUT2D eigenvalue weighted by atomic mass is 10.1. The van der Waals surface area contributed by atoms with Gasteiger partial charge in [-0.25, -0.2) is 0 Å². The summed E-state index contributed by atoms with van der Waals surface area (Å²) < 4.78 is 10.9. The Kier molecular flexibility index (Phi) is 5.41. The van der Waals surface area contributed by atoms with Gasteiger partial charge in [0.15, 0.2) is 0 Å². The number of nitrogens with one attached hydrogen (secondary N) is 1. The number of hydrogen-bond acceptors (Lipinski definition) is 4. The van der Waals surface area contributed by atoms with Crippen molar-refractivity contribution in [1.82, 2.24) is 10.2 Å². The van der Waals surface area contributed by atoms with E-state index in [1.54, 1.807) is 0 Å². The van der Waals surface area contributed by atoms with Crippen molar-refractivity contribution in [3.8, 4) is 0 Å². The third kappa shape index (κ3) is 3.93. The smallest absolute Gasteiger partial charge is 0.225 e. The van der Waals surface area contributed by atoms with Gasteiger partial charge in [0.25, 0.3) is 0 Å². The minimum Gasteiger partial charge on any atom is -0.381 e. The highest BCUT2D eigenvalue weighted by Gasteiger charge is 2.24. The summed E-state index contributed by atoms with van der Waals surface area (Å²) >= 11 is 0. The van der Waals surface area contributed by atoms with Crippen LogP contribution in [-0.2, 0) is 14.3 Å². The van der Waals surface area contributed by atoms with Crippen LogP contribution in [-0.4, -0.2) is 62.9 Å². The van der Waals surface area contributed by atoms with Crippen LogP contribution in [0.15, 0.2) is 0 Å². The first-order valence-corrected chi connectivity index (χ1v) is 6.97. The molecular weight excluding hydrogens is 232 g/mol. The van der Waals surface area contributed by atoms with Gasteiger partial charge in [-0.3, -0.25) is 4.79 Å². The topological polar surface area (TPSA) is 50.8 Å². The first-order valence-electron chi connectivity index (χ1n) is 6.97. The standard InChI is InChI=1S/C13H24N2O3/c1-2-15(9-11-3-5-17-10-11)13(16)7-12-8-14-4-6-18-12/h11-12,14H,2-10H2,1H3. The van der Waals surface area contributed by atoms with Crippen molar-refractivity contribution in [2.24, 2.45) is 5.92 Å². The Morgan fingerprint density at radius 3 is 2.94 bits per heavy atom. The maximum absolute atomic E-state index is 12.2. The molecule has 0 saturated carbocycles. The van der Waals surface area contributed by atoms with E-state index >= 15 is 0 Å². The van der Waals surface area contributed by atoms with Crippen LogP contribution in [0.2, 0.25) is 0 Å². The van der Waals surface area contributed by atoms with Gasteiger partial charge in [0.2, 0.25) is 5.91 Å². The molecule has 0 aromatic heterocycles. The Hall–Kier alpha value is -0.650. The van der Waals surface area contributed by atoms with Gasteiger partial charge >= 0.3 is 0 Å². The average molecular weight is 256 g/mol. The van der Waals surface area contributed by atoms with Crippen LogP contribution >= 0.6 is 0 Å². The summed E-state index contributed by atoms with van der Waals surface area (Å²) in [5.41, 5.74) is 0. The second-order valence-corrected chi connectivity index (χ2v) is 5.06. The number of morpholine rings is 1. The van der Waals surface area contributed by atoms with Gasteiger partial charge in [-0.1, -0.05) is 0 Å². The van der Waals surface area contributed by atoms with Gasteiger partial charge in [0.05, 0.1) is 25.7 Å². The highest BCUT2D eigenvalue weighted by atomic mass is 16.5. The maximum Gasteiger partial charge on any atom is 0.225 e. The molecular formula is C13H24N2O3. The number of hydrogen-bond donors (Lipinski definition) is 1. The van der Waals surface area contributed by atoms with Crippen LogP contribution < -0.4 is 5.32 Å². The monoisotopic (exact) mass is 256 g/mol. The van der Waals surface area contributed by atoms with Crippen molar-refractivity contribution in [2.75, 3.05) is 46.0 Å². The normalized spacial score (nSPS) is 28.3. The van der Waals surface area contributed by atoms with Gasteiger partial charge in [0, 0.05) is 38.7 Å². The lowest BCUT2D eigenvalue weighted by Crippen LogP contribution is -2.43. The van der Waals surface area contributed by atoms with E-state index in [2.05, 4.69) is 5.32 Å². The van der Waals surface area contributed by atoms with E-state index in [1.807, 2.05) is 11.8 Å². The minimum absolute atomic E-state index is 0.0418. The van der Waals surface area contributed by atoms with Crippen molar-refractivity contribution < 1.29 is 14.3 Å². The quantitative estimate of drug-likeness (QED) is 0.766. The Balaban J connectivity index is 1.76. The number of carbonyl (C=O) groups is 1. The average Bonchev–Trinajstić information content (AvgIpc) is 2.90. The Morgan fingerprint density at radius 1 is 1.44 bits per heavy atom. The van der Waals surface area contributed by atoms with Crippen LogP contribution in [0.3, 0.4) is 0 Å². The fourth-order valence-corrected chi connectivity index (χ4v) is 2.52. The van der Waals surface area contributed by atoms with Crippen molar-refractivity contribution in [3.05, 3.63) is 0 Å². The second kappa shape index (κ2) is 7.07. The van der Waals surface area contributed by atoms with Crippen LogP contribution in [0.1, 0.15) is 19.8 Å². The molecule has 0 aromatic rings. The molecule has 2 saturated heterocycles. The van der Waals surface area contributed by atoms with E-state index in [-0.39, 0.29) is 12.0 Å². The molecule has 2 aliphatic rings. The van der Waals surface area contributed by atoms with Crippen molar-refractivity contribution in [3.63, 3.8) is 0 Å². The highest BCUT2D eigenvalue weighted by molar-refractivity contribution is 5.76. The van der Waals surface area contributed by atoms with Crippen molar-refractivity contribution >= 4 is 5.91 Å². The number of nitrogens with zero attached hydrogens (tertiary/aromatic N) is 1. The van der Waals surface area contributed by atoms with Crippen molar-refractivity contribution in [1.29, 1.82) is 0 Å². The molecule has 1 N–H and O–H groups in total. The zero-order chi connectivity index (χ0) is 12.8. The van der Waals surface area contributed by atoms with Crippen LogP contribution in [0.25, 0.3) is 0 Å². The number of rotatable bonds is 5. The predicted molar refractivity (Wildman–Crippen MR) is 68.4 cm³/mol. The molecule has 2 atom stereocenters.